The average Bonchev–Trinajstić information content (AvgIpc) is 2.74. The van der Waals surface area contributed by atoms with Crippen LogP contribution in [0.1, 0.15) is 43.0 Å². The van der Waals surface area contributed by atoms with E-state index in [9.17, 15) is 9.59 Å². The molecule has 1 saturated heterocycles. The first-order chi connectivity index (χ1) is 13.6. The van der Waals surface area contributed by atoms with Crippen molar-refractivity contribution < 1.29 is 14.3 Å². The van der Waals surface area contributed by atoms with Crippen LogP contribution in [0.3, 0.4) is 0 Å². The van der Waals surface area contributed by atoms with E-state index >= 15 is 0 Å². The van der Waals surface area contributed by atoms with Gasteiger partial charge < -0.3 is 15.0 Å². The highest BCUT2D eigenvalue weighted by atomic mass is 16.5. The molecular formula is C22H27N3O3. The van der Waals surface area contributed by atoms with E-state index in [1.165, 1.54) is 0 Å². The highest BCUT2D eigenvalue weighted by Gasteiger charge is 2.23. The first-order valence-corrected chi connectivity index (χ1v) is 9.80. The van der Waals surface area contributed by atoms with Crippen molar-refractivity contribution >= 4 is 11.8 Å². The van der Waals surface area contributed by atoms with Crippen LogP contribution in [0, 0.1) is 0 Å². The maximum absolute atomic E-state index is 12.5. The zero-order valence-electron chi connectivity index (χ0n) is 16.5. The third-order valence-corrected chi connectivity index (χ3v) is 5.04. The van der Waals surface area contributed by atoms with Crippen LogP contribution in [0.2, 0.25) is 0 Å². The first-order valence-electron chi connectivity index (χ1n) is 9.80. The van der Waals surface area contributed by atoms with E-state index in [1.807, 2.05) is 42.2 Å². The second kappa shape index (κ2) is 9.35. The van der Waals surface area contributed by atoms with Crippen LogP contribution < -0.4 is 10.1 Å². The topological polar surface area (TPSA) is 71.5 Å². The monoisotopic (exact) mass is 381 g/mol. The van der Waals surface area contributed by atoms with Gasteiger partial charge >= 0.3 is 0 Å². The van der Waals surface area contributed by atoms with E-state index in [0.717, 1.165) is 36.3 Å². The molecule has 0 bridgehead atoms. The van der Waals surface area contributed by atoms with E-state index in [4.69, 9.17) is 4.74 Å². The number of likely N-dealkylation sites (tertiary alicyclic amines) is 1. The Bertz CT molecular complexity index is 812. The van der Waals surface area contributed by atoms with Crippen LogP contribution in [0.4, 0.5) is 0 Å². The minimum atomic E-state index is -0.122. The van der Waals surface area contributed by atoms with Gasteiger partial charge in [0.1, 0.15) is 5.75 Å². The highest BCUT2D eigenvalue weighted by molar-refractivity contribution is 5.94. The number of nitrogens with one attached hydrogen (secondary N) is 1. The molecular weight excluding hydrogens is 354 g/mol. The summed E-state index contributed by atoms with van der Waals surface area (Å²) in [5, 5.41) is 3.07. The largest absolute Gasteiger partial charge is 0.497 e. The fourth-order valence-electron chi connectivity index (χ4n) is 3.40. The molecule has 1 aromatic heterocycles. The molecule has 0 spiro atoms. The van der Waals surface area contributed by atoms with Gasteiger partial charge in [0.15, 0.2) is 0 Å². The average molecular weight is 381 g/mol. The molecule has 2 heterocycles. The summed E-state index contributed by atoms with van der Waals surface area (Å²) in [5.41, 5.74) is 2.27. The quantitative estimate of drug-likeness (QED) is 0.834. The Balaban J connectivity index is 1.56. The van der Waals surface area contributed by atoms with Crippen LogP contribution in [0.25, 0.3) is 11.3 Å². The summed E-state index contributed by atoms with van der Waals surface area (Å²) >= 11 is 0. The lowest BCUT2D eigenvalue weighted by Crippen LogP contribution is -2.46. The molecule has 1 aliphatic rings. The summed E-state index contributed by atoms with van der Waals surface area (Å²) in [5.74, 6) is 0.859. The van der Waals surface area contributed by atoms with E-state index in [0.29, 0.717) is 25.1 Å². The molecule has 1 N–H and O–H groups in total. The normalized spacial score (nSPS) is 14.6. The molecule has 0 saturated carbocycles. The van der Waals surface area contributed by atoms with Crippen molar-refractivity contribution in [2.75, 3.05) is 20.2 Å². The number of benzene rings is 1. The number of rotatable bonds is 6. The Morgan fingerprint density at radius 2 is 2.00 bits per heavy atom. The lowest BCUT2D eigenvalue weighted by molar-refractivity contribution is -0.132. The number of ether oxygens (including phenoxy) is 1. The lowest BCUT2D eigenvalue weighted by atomic mass is 10.0. The number of piperidine rings is 1. The number of hydrogen-bond acceptors (Lipinski definition) is 4. The number of amides is 2. The molecule has 6 heteroatoms. The number of nitrogens with zero attached hydrogens (tertiary/aromatic N) is 2. The standard InChI is InChI=1S/C22H27N3O3/c1-3-5-21(26)25-12-10-18(11-13-25)24-22(27)17-8-9-20(23-15-17)16-6-4-7-19(14-16)28-2/h4,6-9,14-15,18H,3,5,10-13H2,1-2H3,(H,24,27). The van der Waals surface area contributed by atoms with Crippen LogP contribution >= 0.6 is 0 Å². The van der Waals surface area contributed by atoms with Gasteiger partial charge in [0.2, 0.25) is 5.91 Å². The molecule has 1 fully saturated rings. The van der Waals surface area contributed by atoms with Crippen LogP contribution in [0.5, 0.6) is 5.75 Å². The summed E-state index contributed by atoms with van der Waals surface area (Å²) in [6.45, 7) is 3.42. The van der Waals surface area contributed by atoms with Gasteiger partial charge in [-0.15, -0.1) is 0 Å². The molecule has 0 radical (unpaired) electrons. The van der Waals surface area contributed by atoms with Crippen molar-refractivity contribution in [3.05, 3.63) is 48.2 Å². The van der Waals surface area contributed by atoms with Crippen molar-refractivity contribution in [3.63, 3.8) is 0 Å². The predicted octanol–water partition coefficient (Wildman–Crippen LogP) is 3.28. The summed E-state index contributed by atoms with van der Waals surface area (Å²) in [6, 6.07) is 11.4. The Labute approximate surface area is 165 Å². The van der Waals surface area contributed by atoms with Gasteiger partial charge in [0, 0.05) is 37.3 Å². The van der Waals surface area contributed by atoms with E-state index in [1.54, 1.807) is 19.4 Å². The second-order valence-electron chi connectivity index (χ2n) is 7.04. The minimum absolute atomic E-state index is 0.0937. The third kappa shape index (κ3) is 4.88. The van der Waals surface area contributed by atoms with Gasteiger partial charge in [-0.25, -0.2) is 0 Å². The number of carbonyl (C=O) groups is 2. The Kier molecular flexibility index (Phi) is 6.63. The molecule has 148 valence electrons. The van der Waals surface area contributed by atoms with E-state index in [2.05, 4.69) is 10.3 Å². The summed E-state index contributed by atoms with van der Waals surface area (Å²) in [4.78, 5) is 30.8. The van der Waals surface area contributed by atoms with Gasteiger partial charge in [0.25, 0.3) is 5.91 Å². The van der Waals surface area contributed by atoms with E-state index in [-0.39, 0.29) is 17.9 Å². The smallest absolute Gasteiger partial charge is 0.253 e. The van der Waals surface area contributed by atoms with Crippen molar-refractivity contribution in [1.82, 2.24) is 15.2 Å². The summed E-state index contributed by atoms with van der Waals surface area (Å²) < 4.78 is 5.24. The first kappa shape index (κ1) is 19.9. The number of pyridine rings is 1. The molecule has 2 amide bonds. The van der Waals surface area contributed by atoms with Gasteiger partial charge in [-0.05, 0) is 43.5 Å². The van der Waals surface area contributed by atoms with Gasteiger partial charge in [-0.1, -0.05) is 19.1 Å². The molecule has 0 unspecified atom stereocenters. The minimum Gasteiger partial charge on any atom is -0.497 e. The van der Waals surface area contributed by atoms with Crippen molar-refractivity contribution in [2.24, 2.45) is 0 Å². The summed E-state index contributed by atoms with van der Waals surface area (Å²) in [6.07, 6.45) is 4.65. The second-order valence-corrected chi connectivity index (χ2v) is 7.04. The molecule has 6 nitrogen and oxygen atoms in total. The van der Waals surface area contributed by atoms with Crippen LogP contribution in [-0.4, -0.2) is 47.9 Å². The Hall–Kier alpha value is -2.89. The van der Waals surface area contributed by atoms with Gasteiger partial charge in [-0.2, -0.15) is 0 Å². The molecule has 3 rings (SSSR count). The van der Waals surface area contributed by atoms with Crippen LogP contribution in [0.15, 0.2) is 42.6 Å². The number of methoxy groups -OCH3 is 1. The SMILES string of the molecule is CCCC(=O)N1CCC(NC(=O)c2ccc(-c3cccc(OC)c3)nc2)CC1. The fourth-order valence-corrected chi connectivity index (χ4v) is 3.40. The predicted molar refractivity (Wildman–Crippen MR) is 108 cm³/mol. The maximum atomic E-state index is 12.5. The zero-order valence-corrected chi connectivity index (χ0v) is 16.5. The maximum Gasteiger partial charge on any atom is 0.253 e. The Morgan fingerprint density at radius 3 is 2.64 bits per heavy atom. The molecule has 1 aromatic carbocycles. The van der Waals surface area contributed by atoms with Crippen molar-refractivity contribution in [3.8, 4) is 17.0 Å². The molecule has 2 aromatic rings. The van der Waals surface area contributed by atoms with Crippen molar-refractivity contribution in [2.45, 2.75) is 38.6 Å². The lowest BCUT2D eigenvalue weighted by Gasteiger charge is -2.32. The number of hydrogen-bond donors (Lipinski definition) is 1. The van der Waals surface area contributed by atoms with E-state index < -0.39 is 0 Å². The number of aromatic nitrogens is 1. The molecule has 28 heavy (non-hydrogen) atoms. The molecule has 0 aliphatic carbocycles. The molecule has 0 atom stereocenters. The number of carbonyl (C=O) groups excluding carboxylic acids is 2. The summed E-state index contributed by atoms with van der Waals surface area (Å²) in [7, 11) is 1.63. The zero-order chi connectivity index (χ0) is 19.9. The molecule has 1 aliphatic heterocycles. The van der Waals surface area contributed by atoms with Gasteiger partial charge in [-0.3, -0.25) is 14.6 Å². The van der Waals surface area contributed by atoms with Crippen molar-refractivity contribution in [1.29, 1.82) is 0 Å². The fraction of sp³-hybridized carbons (Fsp3) is 0.409. The van der Waals surface area contributed by atoms with Gasteiger partial charge in [0.05, 0.1) is 18.4 Å². The third-order valence-electron chi connectivity index (χ3n) is 5.04. The highest BCUT2D eigenvalue weighted by Crippen LogP contribution is 2.22. The Morgan fingerprint density at radius 1 is 1.21 bits per heavy atom. The van der Waals surface area contributed by atoms with Crippen LogP contribution in [-0.2, 0) is 4.79 Å².